The molecule has 0 unspecified atom stereocenters. The molecule has 0 aliphatic carbocycles. The van der Waals surface area contributed by atoms with Gasteiger partial charge in [0.25, 0.3) is 0 Å². The third-order valence-corrected chi connectivity index (χ3v) is 8.42. The average Bonchev–Trinajstić information content (AvgIpc) is 3.29. The fourth-order valence-electron chi connectivity index (χ4n) is 4.20. The summed E-state index contributed by atoms with van der Waals surface area (Å²) in [7, 11) is -1.38. The number of aromatic nitrogens is 2. The van der Waals surface area contributed by atoms with Crippen LogP contribution in [0.5, 0.6) is 0 Å². The summed E-state index contributed by atoms with van der Waals surface area (Å²) in [4.78, 5) is 8.93. The molecule has 0 saturated heterocycles. The van der Waals surface area contributed by atoms with Crippen LogP contribution in [0.4, 0.5) is 0 Å². The van der Waals surface area contributed by atoms with Crippen molar-refractivity contribution in [2.24, 2.45) is 0 Å². The maximum atomic E-state index is 6.09. The van der Waals surface area contributed by atoms with E-state index < -0.39 is 8.07 Å². The van der Waals surface area contributed by atoms with E-state index in [0.717, 1.165) is 44.5 Å². The summed E-state index contributed by atoms with van der Waals surface area (Å²) in [5.74, 6) is 0. The van der Waals surface area contributed by atoms with Crippen molar-refractivity contribution in [1.82, 2.24) is 9.97 Å². The summed E-state index contributed by atoms with van der Waals surface area (Å²) in [5, 5.41) is 3.64. The van der Waals surface area contributed by atoms with Crippen molar-refractivity contribution in [2.75, 3.05) is 0 Å². The molecular weight excluding hydrogens is 661 g/mol. The molecule has 6 aromatic rings. The Balaban J connectivity index is 0.000000193. The molecule has 0 atom stereocenters. The molecule has 193 valence electrons. The molecule has 38 heavy (non-hydrogen) atoms. The summed E-state index contributed by atoms with van der Waals surface area (Å²) in [6.07, 6.45) is 3.73. The zero-order valence-corrected chi connectivity index (χ0v) is 25.7. The van der Waals surface area contributed by atoms with E-state index >= 15 is 0 Å². The molecule has 0 aliphatic rings. The number of para-hydroxylation sites is 1. The van der Waals surface area contributed by atoms with Crippen molar-refractivity contribution in [3.63, 3.8) is 0 Å². The van der Waals surface area contributed by atoms with Gasteiger partial charge < -0.3 is 14.4 Å². The number of furan rings is 1. The first-order chi connectivity index (χ1) is 17.8. The van der Waals surface area contributed by atoms with Crippen LogP contribution in [0.3, 0.4) is 0 Å². The van der Waals surface area contributed by atoms with Crippen LogP contribution in [0.2, 0.25) is 19.6 Å². The minimum Gasteiger partial charge on any atom is -0.464 e. The topological polar surface area (TPSA) is 38.9 Å². The zero-order chi connectivity index (χ0) is 26.0. The van der Waals surface area contributed by atoms with E-state index in [1.165, 1.54) is 16.3 Å². The minimum atomic E-state index is -1.38. The van der Waals surface area contributed by atoms with E-state index in [9.17, 15) is 0 Å². The Kier molecular flexibility index (Phi) is 8.42. The Morgan fingerprint density at radius 1 is 0.763 bits per heavy atom. The van der Waals surface area contributed by atoms with Gasteiger partial charge in [0.2, 0.25) is 0 Å². The molecule has 5 heteroatoms. The third kappa shape index (κ3) is 6.02. The van der Waals surface area contributed by atoms with Gasteiger partial charge in [-0.3, -0.25) is 0 Å². The molecular formula is C33H30IrN2OSi-2. The number of pyridine rings is 2. The van der Waals surface area contributed by atoms with E-state index in [4.69, 9.17) is 4.42 Å². The van der Waals surface area contributed by atoms with Gasteiger partial charge in [-0.15, -0.1) is 70.4 Å². The first-order valence-corrected chi connectivity index (χ1v) is 16.0. The van der Waals surface area contributed by atoms with E-state index in [2.05, 4.69) is 79.0 Å². The normalized spacial score (nSPS) is 11.1. The molecule has 0 fully saturated rings. The maximum absolute atomic E-state index is 6.09. The van der Waals surface area contributed by atoms with Gasteiger partial charge in [0.05, 0.1) is 8.07 Å². The van der Waals surface area contributed by atoms with Gasteiger partial charge in [-0.2, -0.15) is 0 Å². The second-order valence-corrected chi connectivity index (χ2v) is 15.5. The molecule has 3 nitrogen and oxygen atoms in total. The largest absolute Gasteiger partial charge is 0.464 e. The number of fused-ring (bicyclic) bond motifs is 3. The van der Waals surface area contributed by atoms with Gasteiger partial charge >= 0.3 is 0 Å². The molecule has 0 amide bonds. The summed E-state index contributed by atoms with van der Waals surface area (Å²) >= 11 is 0. The van der Waals surface area contributed by atoms with Gasteiger partial charge in [-0.25, -0.2) is 0 Å². The van der Waals surface area contributed by atoms with E-state index in [0.29, 0.717) is 0 Å². The number of hydrogen-bond acceptors (Lipinski definition) is 3. The second kappa shape index (κ2) is 11.6. The minimum absolute atomic E-state index is 0. The Labute approximate surface area is 239 Å². The van der Waals surface area contributed by atoms with Crippen molar-refractivity contribution < 1.29 is 24.5 Å². The van der Waals surface area contributed by atoms with Crippen molar-refractivity contribution in [3.05, 3.63) is 115 Å². The van der Waals surface area contributed by atoms with Gasteiger partial charge in [-0.1, -0.05) is 56.9 Å². The number of aryl methyl sites for hydroxylation is 2. The van der Waals surface area contributed by atoms with Crippen LogP contribution in [0.1, 0.15) is 11.1 Å². The molecule has 0 aliphatic heterocycles. The first kappa shape index (κ1) is 27.7. The van der Waals surface area contributed by atoms with Crippen molar-refractivity contribution >= 4 is 35.2 Å². The number of nitrogens with zero attached hydrogens (tertiary/aromatic N) is 2. The zero-order valence-electron chi connectivity index (χ0n) is 22.3. The number of hydrogen-bond donors (Lipinski definition) is 0. The molecule has 1 radical (unpaired) electrons. The number of benzene rings is 3. The van der Waals surface area contributed by atoms with Crippen LogP contribution in [0, 0.1) is 26.0 Å². The van der Waals surface area contributed by atoms with E-state index in [-0.39, 0.29) is 20.1 Å². The first-order valence-electron chi connectivity index (χ1n) is 12.5. The summed E-state index contributed by atoms with van der Waals surface area (Å²) in [6, 6.07) is 33.3. The molecule has 3 aromatic heterocycles. The molecule has 3 aromatic carbocycles. The van der Waals surface area contributed by atoms with Crippen LogP contribution in [0.15, 0.2) is 95.7 Å². The van der Waals surface area contributed by atoms with Crippen molar-refractivity contribution in [1.29, 1.82) is 0 Å². The van der Waals surface area contributed by atoms with Crippen LogP contribution in [0.25, 0.3) is 44.5 Å². The molecule has 0 N–H and O–H groups in total. The predicted octanol–water partition coefficient (Wildman–Crippen LogP) is 8.16. The predicted molar refractivity (Wildman–Crippen MR) is 157 cm³/mol. The van der Waals surface area contributed by atoms with Crippen LogP contribution >= 0.6 is 0 Å². The second-order valence-electron chi connectivity index (χ2n) is 10.4. The third-order valence-electron chi connectivity index (χ3n) is 6.37. The van der Waals surface area contributed by atoms with Gasteiger partial charge in [0.15, 0.2) is 0 Å². The summed E-state index contributed by atoms with van der Waals surface area (Å²) < 4.78 is 6.09. The van der Waals surface area contributed by atoms with Crippen molar-refractivity contribution in [2.45, 2.75) is 33.5 Å². The maximum Gasteiger partial charge on any atom is 0.134 e. The standard InChI is InChI=1S/C20H18NOSi.C13H12N.Ir/c1-23(2,3)15-8-6-7-14(13-15)19-20-17(11-12-21-19)16-9-4-5-10-18(16)22-20;1-10-3-6-12(7-4-10)13-8-5-11(2)9-14-13;/h4-6,8-13H,1-3H3;3-6,8-9H,1-2H3;/q2*-1;. The van der Waals surface area contributed by atoms with Gasteiger partial charge in [0.1, 0.15) is 11.2 Å². The average molecular weight is 691 g/mol. The van der Waals surface area contributed by atoms with Crippen molar-refractivity contribution in [3.8, 4) is 22.5 Å². The molecule has 3 heterocycles. The molecule has 0 bridgehead atoms. The SMILES string of the molecule is C[Si](C)(C)c1cc[c-]c(-c2nccc3c2oc2ccccc23)c1.Cc1c[c-]c(-c2ccc(C)cn2)cc1.[Ir]. The van der Waals surface area contributed by atoms with Crippen LogP contribution in [-0.4, -0.2) is 18.0 Å². The Bertz CT molecular complexity index is 1620. The fourth-order valence-corrected chi connectivity index (χ4v) is 5.36. The van der Waals surface area contributed by atoms with E-state index in [1.807, 2.05) is 67.8 Å². The molecule has 6 rings (SSSR count). The van der Waals surface area contributed by atoms with Gasteiger partial charge in [-0.05, 0) is 30.3 Å². The van der Waals surface area contributed by atoms with Crippen LogP contribution < -0.4 is 5.19 Å². The Hall–Kier alpha value is -3.37. The number of rotatable bonds is 3. The van der Waals surface area contributed by atoms with Crippen LogP contribution in [-0.2, 0) is 20.1 Å². The Morgan fingerprint density at radius 3 is 2.26 bits per heavy atom. The molecule has 0 saturated carbocycles. The smallest absolute Gasteiger partial charge is 0.134 e. The Morgan fingerprint density at radius 2 is 1.55 bits per heavy atom. The summed E-state index contributed by atoms with van der Waals surface area (Å²) in [6.45, 7) is 11.1. The monoisotopic (exact) mass is 691 g/mol. The molecule has 0 spiro atoms. The fraction of sp³-hybridized carbons (Fsp3) is 0.152. The van der Waals surface area contributed by atoms with E-state index in [1.54, 1.807) is 0 Å². The van der Waals surface area contributed by atoms with Gasteiger partial charge in [0, 0.05) is 49.0 Å². The quantitative estimate of drug-likeness (QED) is 0.139. The summed E-state index contributed by atoms with van der Waals surface area (Å²) in [5.41, 5.74) is 8.07.